The first-order valence-corrected chi connectivity index (χ1v) is 7.05. The molecule has 3 nitrogen and oxygen atoms in total. The second-order valence-electron chi connectivity index (χ2n) is 6.07. The summed E-state index contributed by atoms with van der Waals surface area (Å²) in [6.45, 7) is 12.0. The molecule has 1 N–H and O–H groups in total. The average Bonchev–Trinajstić information content (AvgIpc) is 2.24. The molecule has 0 spiro atoms. The zero-order valence-electron chi connectivity index (χ0n) is 12.5. The molecule has 0 radical (unpaired) electrons. The number of anilines is 1. The molecule has 18 heavy (non-hydrogen) atoms. The topological polar surface area (TPSA) is 37.8 Å². The van der Waals surface area contributed by atoms with Crippen molar-refractivity contribution in [2.45, 2.75) is 60.3 Å². The van der Waals surface area contributed by atoms with Crippen molar-refractivity contribution >= 4 is 5.82 Å². The Balaban J connectivity index is 2.90. The largest absolute Gasteiger partial charge is 0.370 e. The first-order chi connectivity index (χ1) is 8.44. The van der Waals surface area contributed by atoms with Gasteiger partial charge in [-0.1, -0.05) is 41.0 Å². The third-order valence-electron chi connectivity index (χ3n) is 2.58. The number of aromatic nitrogens is 2. The molecule has 0 aromatic carbocycles. The second-order valence-corrected chi connectivity index (χ2v) is 6.07. The van der Waals surface area contributed by atoms with Crippen LogP contribution >= 0.6 is 0 Å². The van der Waals surface area contributed by atoms with E-state index in [4.69, 9.17) is 0 Å². The van der Waals surface area contributed by atoms with Gasteiger partial charge in [0.05, 0.1) is 0 Å². The summed E-state index contributed by atoms with van der Waals surface area (Å²) in [4.78, 5) is 9.28. The van der Waals surface area contributed by atoms with Crippen LogP contribution in [0, 0.1) is 5.41 Å². The fourth-order valence-electron chi connectivity index (χ4n) is 1.83. The highest BCUT2D eigenvalue weighted by molar-refractivity contribution is 5.36. The van der Waals surface area contributed by atoms with Crippen LogP contribution in [0.1, 0.15) is 59.0 Å². The summed E-state index contributed by atoms with van der Waals surface area (Å²) in [6.07, 6.45) is 4.19. The van der Waals surface area contributed by atoms with Gasteiger partial charge in [0.25, 0.3) is 0 Å². The number of nitrogens with one attached hydrogen (secondary N) is 1. The molecule has 0 aliphatic heterocycles. The summed E-state index contributed by atoms with van der Waals surface area (Å²) in [5.74, 6) is 1.95. The van der Waals surface area contributed by atoms with Crippen LogP contribution in [0.25, 0.3) is 0 Å². The number of rotatable bonds is 6. The van der Waals surface area contributed by atoms with Crippen LogP contribution in [-0.4, -0.2) is 16.5 Å². The quantitative estimate of drug-likeness (QED) is 0.832. The highest BCUT2D eigenvalue weighted by atomic mass is 15.0. The van der Waals surface area contributed by atoms with E-state index >= 15 is 0 Å². The number of hydrogen-bond donors (Lipinski definition) is 1. The predicted molar refractivity (Wildman–Crippen MR) is 78.0 cm³/mol. The molecule has 1 rings (SSSR count). The lowest BCUT2D eigenvalue weighted by molar-refractivity contribution is 0.400. The molecule has 0 atom stereocenters. The Kier molecular flexibility index (Phi) is 5.57. The molecule has 1 aromatic rings. The molecule has 0 saturated carbocycles. The van der Waals surface area contributed by atoms with Gasteiger partial charge in [-0.3, -0.25) is 0 Å². The Morgan fingerprint density at radius 1 is 1.11 bits per heavy atom. The summed E-state index contributed by atoms with van der Waals surface area (Å²) in [5, 5.41) is 3.37. The molecule has 0 fully saturated rings. The molecule has 0 aliphatic rings. The van der Waals surface area contributed by atoms with E-state index in [1.807, 2.05) is 0 Å². The van der Waals surface area contributed by atoms with Gasteiger partial charge in [-0.2, -0.15) is 0 Å². The first-order valence-electron chi connectivity index (χ1n) is 7.05. The van der Waals surface area contributed by atoms with E-state index in [1.165, 1.54) is 0 Å². The predicted octanol–water partition coefficient (Wildman–Crippen LogP) is 3.84. The molecule has 0 amide bonds. The van der Waals surface area contributed by atoms with Crippen molar-refractivity contribution in [3.8, 4) is 0 Å². The summed E-state index contributed by atoms with van der Waals surface area (Å²) < 4.78 is 0. The Hall–Kier alpha value is -1.12. The van der Waals surface area contributed by atoms with Crippen molar-refractivity contribution < 1.29 is 0 Å². The van der Waals surface area contributed by atoms with Gasteiger partial charge in [-0.15, -0.1) is 0 Å². The van der Waals surface area contributed by atoms with Gasteiger partial charge in [0.2, 0.25) is 0 Å². The summed E-state index contributed by atoms with van der Waals surface area (Å²) in [6, 6.07) is 2.09. The van der Waals surface area contributed by atoms with Crippen molar-refractivity contribution in [1.29, 1.82) is 0 Å². The van der Waals surface area contributed by atoms with Crippen molar-refractivity contribution in [3.63, 3.8) is 0 Å². The van der Waals surface area contributed by atoms with Gasteiger partial charge in [0, 0.05) is 24.7 Å². The minimum Gasteiger partial charge on any atom is -0.370 e. The molecule has 0 aliphatic carbocycles. The minimum atomic E-state index is 0.229. The van der Waals surface area contributed by atoms with Gasteiger partial charge in [-0.25, -0.2) is 9.97 Å². The third kappa shape index (κ3) is 5.48. The Morgan fingerprint density at radius 2 is 1.83 bits per heavy atom. The van der Waals surface area contributed by atoms with Gasteiger partial charge >= 0.3 is 0 Å². The fourth-order valence-corrected chi connectivity index (χ4v) is 1.83. The molecular weight excluding hydrogens is 222 g/mol. The van der Waals surface area contributed by atoms with E-state index in [2.05, 4.69) is 56.0 Å². The smallest absolute Gasteiger partial charge is 0.131 e. The lowest BCUT2D eigenvalue weighted by atomic mass is 9.92. The van der Waals surface area contributed by atoms with Gasteiger partial charge < -0.3 is 5.32 Å². The van der Waals surface area contributed by atoms with Crippen molar-refractivity contribution in [2.75, 3.05) is 11.9 Å². The highest BCUT2D eigenvalue weighted by Gasteiger charge is 2.14. The Bertz CT molecular complexity index is 366. The van der Waals surface area contributed by atoms with Gasteiger partial charge in [-0.05, 0) is 18.3 Å². The number of aryl methyl sites for hydroxylation is 1. The van der Waals surface area contributed by atoms with Crippen LogP contribution in [0.2, 0.25) is 0 Å². The maximum atomic E-state index is 4.67. The Labute approximate surface area is 111 Å². The van der Waals surface area contributed by atoms with Crippen molar-refractivity contribution in [2.24, 2.45) is 5.41 Å². The maximum absolute atomic E-state index is 4.67. The molecular formula is C15H27N3. The molecule has 0 unspecified atom stereocenters. The number of hydrogen-bond acceptors (Lipinski definition) is 3. The fraction of sp³-hybridized carbons (Fsp3) is 0.733. The van der Waals surface area contributed by atoms with Crippen LogP contribution in [0.4, 0.5) is 5.82 Å². The lowest BCUT2D eigenvalue weighted by Crippen LogP contribution is -2.14. The maximum Gasteiger partial charge on any atom is 0.131 e. The summed E-state index contributed by atoms with van der Waals surface area (Å²) in [7, 11) is 0. The van der Waals surface area contributed by atoms with E-state index in [0.717, 1.165) is 49.6 Å². The van der Waals surface area contributed by atoms with Crippen molar-refractivity contribution in [1.82, 2.24) is 9.97 Å². The second kappa shape index (κ2) is 6.72. The zero-order valence-corrected chi connectivity index (χ0v) is 12.5. The standard InChI is InChI=1S/C15H27N3/c1-6-8-12-10-13(16-9-7-2)18-14(17-12)11-15(3,4)5/h10H,6-9,11H2,1-5H3,(H,16,17,18). The van der Waals surface area contributed by atoms with E-state index in [1.54, 1.807) is 0 Å². The van der Waals surface area contributed by atoms with E-state index < -0.39 is 0 Å². The average molecular weight is 249 g/mol. The van der Waals surface area contributed by atoms with Crippen LogP contribution in [0.15, 0.2) is 6.07 Å². The molecule has 102 valence electrons. The molecule has 0 saturated heterocycles. The lowest BCUT2D eigenvalue weighted by Gasteiger charge is -2.18. The van der Waals surface area contributed by atoms with Crippen molar-refractivity contribution in [3.05, 3.63) is 17.6 Å². The molecule has 1 aromatic heterocycles. The number of nitrogens with zero attached hydrogens (tertiary/aromatic N) is 2. The van der Waals surface area contributed by atoms with Gasteiger partial charge in [0.15, 0.2) is 0 Å². The van der Waals surface area contributed by atoms with E-state index in [0.29, 0.717) is 0 Å². The van der Waals surface area contributed by atoms with Crippen LogP contribution < -0.4 is 5.32 Å². The monoisotopic (exact) mass is 249 g/mol. The summed E-state index contributed by atoms with van der Waals surface area (Å²) in [5.41, 5.74) is 1.39. The normalized spacial score (nSPS) is 11.6. The minimum absolute atomic E-state index is 0.229. The molecule has 3 heteroatoms. The highest BCUT2D eigenvalue weighted by Crippen LogP contribution is 2.20. The zero-order chi connectivity index (χ0) is 13.6. The Morgan fingerprint density at radius 3 is 2.39 bits per heavy atom. The van der Waals surface area contributed by atoms with Crippen LogP contribution in [0.5, 0.6) is 0 Å². The van der Waals surface area contributed by atoms with E-state index in [9.17, 15) is 0 Å². The SMILES string of the molecule is CCCNc1cc(CCC)nc(CC(C)(C)C)n1. The molecule has 1 heterocycles. The van der Waals surface area contributed by atoms with Crippen LogP contribution in [0.3, 0.4) is 0 Å². The summed E-state index contributed by atoms with van der Waals surface area (Å²) >= 11 is 0. The molecule has 0 bridgehead atoms. The van der Waals surface area contributed by atoms with E-state index in [-0.39, 0.29) is 5.41 Å². The van der Waals surface area contributed by atoms with Gasteiger partial charge in [0.1, 0.15) is 11.6 Å². The third-order valence-corrected chi connectivity index (χ3v) is 2.58. The van der Waals surface area contributed by atoms with Crippen LogP contribution in [-0.2, 0) is 12.8 Å². The first kappa shape index (κ1) is 14.9.